The first-order valence-corrected chi connectivity index (χ1v) is 6.20. The maximum Gasteiger partial charge on any atom is 0.253 e. The summed E-state index contributed by atoms with van der Waals surface area (Å²) in [5.41, 5.74) is 0.425. The molecule has 1 fully saturated rings. The standard InChI is InChI=1S/C13H18N2O2/c16-12-7-10(8-14-9-12)13(17)15-11-5-3-1-2-4-6-11/h7-9,11,16H,1-6H2,(H,15,17). The van der Waals surface area contributed by atoms with Crippen LogP contribution in [0.2, 0.25) is 0 Å². The molecule has 0 atom stereocenters. The van der Waals surface area contributed by atoms with Gasteiger partial charge < -0.3 is 10.4 Å². The van der Waals surface area contributed by atoms with Crippen LogP contribution >= 0.6 is 0 Å². The number of amides is 1. The van der Waals surface area contributed by atoms with Crippen molar-refractivity contribution in [2.75, 3.05) is 0 Å². The fourth-order valence-electron chi connectivity index (χ4n) is 2.24. The average molecular weight is 234 g/mol. The summed E-state index contributed by atoms with van der Waals surface area (Å²) >= 11 is 0. The van der Waals surface area contributed by atoms with E-state index in [1.54, 1.807) is 0 Å². The summed E-state index contributed by atoms with van der Waals surface area (Å²) in [6.45, 7) is 0. The number of aromatic hydroxyl groups is 1. The molecule has 1 heterocycles. The molecule has 1 aliphatic carbocycles. The topological polar surface area (TPSA) is 62.2 Å². The van der Waals surface area contributed by atoms with Crippen LogP contribution in [0.15, 0.2) is 18.5 Å². The predicted octanol–water partition coefficient (Wildman–Crippen LogP) is 2.24. The van der Waals surface area contributed by atoms with E-state index in [-0.39, 0.29) is 17.7 Å². The van der Waals surface area contributed by atoms with Crippen molar-refractivity contribution in [2.24, 2.45) is 0 Å². The fraction of sp³-hybridized carbons (Fsp3) is 0.538. The minimum atomic E-state index is -0.139. The number of carbonyl (C=O) groups is 1. The summed E-state index contributed by atoms with van der Waals surface area (Å²) in [7, 11) is 0. The summed E-state index contributed by atoms with van der Waals surface area (Å²) in [5, 5.41) is 12.3. The zero-order chi connectivity index (χ0) is 12.1. The minimum absolute atomic E-state index is 0.0264. The van der Waals surface area contributed by atoms with E-state index < -0.39 is 0 Å². The van der Waals surface area contributed by atoms with Crippen LogP contribution in [-0.2, 0) is 0 Å². The van der Waals surface area contributed by atoms with E-state index in [4.69, 9.17) is 0 Å². The second-order valence-electron chi connectivity index (χ2n) is 4.59. The molecule has 0 unspecified atom stereocenters. The molecule has 1 aromatic rings. The molecule has 2 rings (SSSR count). The molecule has 0 aliphatic heterocycles. The number of rotatable bonds is 2. The molecular weight excluding hydrogens is 216 g/mol. The molecule has 0 aromatic carbocycles. The Morgan fingerprint density at radius 2 is 1.94 bits per heavy atom. The smallest absolute Gasteiger partial charge is 0.253 e. The second kappa shape index (κ2) is 5.66. The van der Waals surface area contributed by atoms with Gasteiger partial charge in [-0.05, 0) is 18.9 Å². The number of pyridine rings is 1. The van der Waals surface area contributed by atoms with Crippen molar-refractivity contribution in [3.8, 4) is 5.75 Å². The largest absolute Gasteiger partial charge is 0.506 e. The van der Waals surface area contributed by atoms with Crippen LogP contribution < -0.4 is 5.32 Å². The number of carbonyl (C=O) groups excluding carboxylic acids is 1. The lowest BCUT2D eigenvalue weighted by atomic mass is 10.1. The SMILES string of the molecule is O=C(NC1CCCCCC1)c1cncc(O)c1. The van der Waals surface area contributed by atoms with E-state index in [0.717, 1.165) is 12.8 Å². The third kappa shape index (κ3) is 3.44. The number of hydrogen-bond acceptors (Lipinski definition) is 3. The van der Waals surface area contributed by atoms with Gasteiger partial charge in [-0.2, -0.15) is 0 Å². The van der Waals surface area contributed by atoms with Crippen LogP contribution in [-0.4, -0.2) is 22.0 Å². The maximum absolute atomic E-state index is 11.9. The van der Waals surface area contributed by atoms with Gasteiger partial charge >= 0.3 is 0 Å². The molecule has 4 nitrogen and oxygen atoms in total. The molecule has 17 heavy (non-hydrogen) atoms. The Morgan fingerprint density at radius 1 is 1.24 bits per heavy atom. The number of nitrogens with zero attached hydrogens (tertiary/aromatic N) is 1. The van der Waals surface area contributed by atoms with Crippen LogP contribution in [0, 0.1) is 0 Å². The first-order chi connectivity index (χ1) is 8.25. The summed E-state index contributed by atoms with van der Waals surface area (Å²) in [5.74, 6) is -0.112. The van der Waals surface area contributed by atoms with Crippen molar-refractivity contribution in [1.82, 2.24) is 10.3 Å². The summed E-state index contributed by atoms with van der Waals surface area (Å²) < 4.78 is 0. The Hall–Kier alpha value is -1.58. The monoisotopic (exact) mass is 234 g/mol. The third-order valence-corrected chi connectivity index (χ3v) is 3.18. The van der Waals surface area contributed by atoms with E-state index in [1.165, 1.54) is 44.1 Å². The normalized spacial score (nSPS) is 17.4. The summed E-state index contributed by atoms with van der Waals surface area (Å²) in [6, 6.07) is 1.71. The Balaban J connectivity index is 1.96. The lowest BCUT2D eigenvalue weighted by Gasteiger charge is -2.15. The van der Waals surface area contributed by atoms with Gasteiger partial charge in [0.1, 0.15) is 5.75 Å². The summed E-state index contributed by atoms with van der Waals surface area (Å²) in [6.07, 6.45) is 9.80. The van der Waals surface area contributed by atoms with Crippen molar-refractivity contribution in [3.05, 3.63) is 24.0 Å². The van der Waals surface area contributed by atoms with Crippen molar-refractivity contribution in [1.29, 1.82) is 0 Å². The molecule has 0 saturated heterocycles. The predicted molar refractivity (Wildman–Crippen MR) is 64.9 cm³/mol. The summed E-state index contributed by atoms with van der Waals surface area (Å²) in [4.78, 5) is 15.7. The number of aromatic nitrogens is 1. The lowest BCUT2D eigenvalue weighted by Crippen LogP contribution is -2.34. The Kier molecular flexibility index (Phi) is 3.96. The molecule has 1 amide bonds. The highest BCUT2D eigenvalue weighted by Gasteiger charge is 2.16. The molecule has 2 N–H and O–H groups in total. The quantitative estimate of drug-likeness (QED) is 0.771. The van der Waals surface area contributed by atoms with Gasteiger partial charge in [0.05, 0.1) is 11.8 Å². The second-order valence-corrected chi connectivity index (χ2v) is 4.59. The van der Waals surface area contributed by atoms with Crippen molar-refractivity contribution in [2.45, 2.75) is 44.6 Å². The van der Waals surface area contributed by atoms with Gasteiger partial charge in [-0.1, -0.05) is 25.7 Å². The molecule has 92 valence electrons. The van der Waals surface area contributed by atoms with Gasteiger partial charge in [-0.15, -0.1) is 0 Å². The van der Waals surface area contributed by atoms with Gasteiger partial charge in [0, 0.05) is 12.2 Å². The Labute approximate surface area is 101 Å². The van der Waals surface area contributed by atoms with E-state index in [2.05, 4.69) is 10.3 Å². The molecule has 0 radical (unpaired) electrons. The van der Waals surface area contributed by atoms with Crippen LogP contribution in [0.1, 0.15) is 48.9 Å². The van der Waals surface area contributed by atoms with E-state index in [0.29, 0.717) is 5.56 Å². The molecule has 1 aliphatic rings. The zero-order valence-corrected chi connectivity index (χ0v) is 9.85. The highest BCUT2D eigenvalue weighted by Crippen LogP contribution is 2.18. The number of nitrogens with one attached hydrogen (secondary N) is 1. The Bertz CT molecular complexity index is 385. The van der Waals surface area contributed by atoms with E-state index in [1.807, 2.05) is 0 Å². The minimum Gasteiger partial charge on any atom is -0.506 e. The van der Waals surface area contributed by atoms with Crippen molar-refractivity contribution < 1.29 is 9.90 Å². The van der Waals surface area contributed by atoms with Gasteiger partial charge in [0.25, 0.3) is 5.91 Å². The molecule has 0 bridgehead atoms. The molecule has 0 spiro atoms. The van der Waals surface area contributed by atoms with Gasteiger partial charge in [-0.3, -0.25) is 9.78 Å². The molecular formula is C13H18N2O2. The van der Waals surface area contributed by atoms with E-state index in [9.17, 15) is 9.90 Å². The highest BCUT2D eigenvalue weighted by molar-refractivity contribution is 5.94. The van der Waals surface area contributed by atoms with Crippen LogP contribution in [0.25, 0.3) is 0 Å². The third-order valence-electron chi connectivity index (χ3n) is 3.18. The maximum atomic E-state index is 11.9. The first kappa shape index (κ1) is 11.9. The molecule has 4 heteroatoms. The van der Waals surface area contributed by atoms with Crippen LogP contribution in [0.4, 0.5) is 0 Å². The van der Waals surface area contributed by atoms with Gasteiger partial charge in [0.15, 0.2) is 0 Å². The lowest BCUT2D eigenvalue weighted by molar-refractivity contribution is 0.0932. The van der Waals surface area contributed by atoms with Crippen molar-refractivity contribution >= 4 is 5.91 Å². The van der Waals surface area contributed by atoms with Gasteiger partial charge in [-0.25, -0.2) is 0 Å². The first-order valence-electron chi connectivity index (χ1n) is 6.20. The average Bonchev–Trinajstić information content (AvgIpc) is 2.57. The molecule has 1 aromatic heterocycles. The Morgan fingerprint density at radius 3 is 2.59 bits per heavy atom. The van der Waals surface area contributed by atoms with Crippen LogP contribution in [0.3, 0.4) is 0 Å². The highest BCUT2D eigenvalue weighted by atomic mass is 16.3. The molecule has 1 saturated carbocycles. The van der Waals surface area contributed by atoms with E-state index >= 15 is 0 Å². The fourth-order valence-corrected chi connectivity index (χ4v) is 2.24. The zero-order valence-electron chi connectivity index (χ0n) is 9.85. The van der Waals surface area contributed by atoms with Crippen LogP contribution in [0.5, 0.6) is 5.75 Å². The van der Waals surface area contributed by atoms with Crippen molar-refractivity contribution in [3.63, 3.8) is 0 Å². The number of hydrogen-bond donors (Lipinski definition) is 2. The van der Waals surface area contributed by atoms with Gasteiger partial charge in [0.2, 0.25) is 0 Å².